The van der Waals surface area contributed by atoms with Crippen molar-refractivity contribution >= 4 is 15.7 Å². The van der Waals surface area contributed by atoms with Crippen molar-refractivity contribution < 1.29 is 17.2 Å². The van der Waals surface area contributed by atoms with Crippen LogP contribution in [0.1, 0.15) is 0 Å². The van der Waals surface area contributed by atoms with E-state index in [0.29, 0.717) is 11.8 Å². The second kappa shape index (κ2) is 5.72. The molecule has 2 aromatic carbocycles. The number of halogens is 2. The summed E-state index contributed by atoms with van der Waals surface area (Å²) in [5, 5.41) is 10.7. The first-order valence-electron chi connectivity index (χ1n) is 6.27. The Labute approximate surface area is 129 Å². The van der Waals surface area contributed by atoms with Gasteiger partial charge in [0, 0.05) is 11.8 Å². The van der Waals surface area contributed by atoms with Gasteiger partial charge in [0.1, 0.15) is 22.9 Å². The molecule has 0 spiro atoms. The van der Waals surface area contributed by atoms with Crippen molar-refractivity contribution in [3.8, 4) is 5.69 Å². The maximum Gasteiger partial charge on any atom is 0.264 e. The van der Waals surface area contributed by atoms with E-state index >= 15 is 0 Å². The number of hydrogen-bond donors (Lipinski definition) is 1. The molecule has 0 fully saturated rings. The molecule has 1 heterocycles. The van der Waals surface area contributed by atoms with Gasteiger partial charge in [-0.05, 0) is 46.8 Å². The fourth-order valence-corrected chi connectivity index (χ4v) is 2.98. The standard InChI is InChI=1S/C13H9F2N5O2S/c14-9-1-6-13(12(15)7-9)23(21,22)17-10-2-4-11(5-3-10)20-8-16-18-19-20/h1-8,17H. The summed E-state index contributed by atoms with van der Waals surface area (Å²) in [7, 11) is -4.17. The molecule has 0 aliphatic rings. The molecule has 10 heteroatoms. The van der Waals surface area contributed by atoms with Crippen LogP contribution in [0.4, 0.5) is 14.5 Å². The molecule has 0 saturated carbocycles. The van der Waals surface area contributed by atoms with Crippen LogP contribution in [0.25, 0.3) is 5.69 Å². The average Bonchev–Trinajstić information content (AvgIpc) is 3.01. The van der Waals surface area contributed by atoms with Crippen LogP contribution in [-0.4, -0.2) is 28.6 Å². The monoisotopic (exact) mass is 337 g/mol. The normalized spacial score (nSPS) is 11.4. The summed E-state index contributed by atoms with van der Waals surface area (Å²) >= 11 is 0. The Balaban J connectivity index is 1.86. The molecule has 0 saturated heterocycles. The van der Waals surface area contributed by atoms with Crippen molar-refractivity contribution in [2.45, 2.75) is 4.90 Å². The zero-order valence-electron chi connectivity index (χ0n) is 11.4. The Morgan fingerprint density at radius 2 is 1.78 bits per heavy atom. The number of nitrogens with one attached hydrogen (secondary N) is 1. The van der Waals surface area contributed by atoms with Crippen molar-refractivity contribution in [2.75, 3.05) is 4.72 Å². The predicted molar refractivity (Wildman–Crippen MR) is 76.3 cm³/mol. The summed E-state index contributed by atoms with van der Waals surface area (Å²) in [6.45, 7) is 0. The van der Waals surface area contributed by atoms with E-state index < -0.39 is 26.6 Å². The molecule has 0 amide bonds. The largest absolute Gasteiger partial charge is 0.280 e. The van der Waals surface area contributed by atoms with Gasteiger partial charge in [0.15, 0.2) is 0 Å². The van der Waals surface area contributed by atoms with Crippen LogP contribution >= 0.6 is 0 Å². The number of sulfonamides is 1. The van der Waals surface area contributed by atoms with Gasteiger partial charge in [-0.15, -0.1) is 5.10 Å². The summed E-state index contributed by atoms with van der Waals surface area (Å²) in [6, 6.07) is 8.34. The van der Waals surface area contributed by atoms with Crippen molar-refractivity contribution in [3.05, 3.63) is 60.4 Å². The maximum atomic E-state index is 13.6. The van der Waals surface area contributed by atoms with E-state index in [0.717, 1.165) is 12.1 Å². The van der Waals surface area contributed by atoms with Gasteiger partial charge in [0.05, 0.1) is 5.69 Å². The molecule has 1 N–H and O–H groups in total. The van der Waals surface area contributed by atoms with Crippen LogP contribution in [0, 0.1) is 11.6 Å². The van der Waals surface area contributed by atoms with Gasteiger partial charge in [0.2, 0.25) is 0 Å². The SMILES string of the molecule is O=S(=O)(Nc1ccc(-n2cnnn2)cc1)c1ccc(F)cc1F. The highest BCUT2D eigenvalue weighted by atomic mass is 32.2. The van der Waals surface area contributed by atoms with Crippen LogP contribution < -0.4 is 4.72 Å². The summed E-state index contributed by atoms with van der Waals surface area (Å²) in [4.78, 5) is -0.636. The maximum absolute atomic E-state index is 13.6. The van der Waals surface area contributed by atoms with Crippen molar-refractivity contribution in [2.24, 2.45) is 0 Å². The third kappa shape index (κ3) is 3.16. The Hall–Kier alpha value is -2.88. The fraction of sp³-hybridized carbons (Fsp3) is 0. The van der Waals surface area contributed by atoms with Gasteiger partial charge in [-0.2, -0.15) is 0 Å². The smallest absolute Gasteiger partial charge is 0.264 e. The van der Waals surface area contributed by atoms with Crippen molar-refractivity contribution in [3.63, 3.8) is 0 Å². The molecule has 23 heavy (non-hydrogen) atoms. The fourth-order valence-electron chi connectivity index (χ4n) is 1.87. The highest BCUT2D eigenvalue weighted by Crippen LogP contribution is 2.20. The number of aromatic nitrogens is 4. The first kappa shape index (κ1) is 15.0. The number of hydrogen-bond acceptors (Lipinski definition) is 5. The lowest BCUT2D eigenvalue weighted by molar-refractivity contribution is 0.551. The zero-order chi connectivity index (χ0) is 16.4. The minimum Gasteiger partial charge on any atom is -0.280 e. The van der Waals surface area contributed by atoms with Crippen LogP contribution in [-0.2, 0) is 10.0 Å². The number of nitrogens with zero attached hydrogens (tertiary/aromatic N) is 4. The van der Waals surface area contributed by atoms with E-state index in [1.165, 1.54) is 23.1 Å². The lowest BCUT2D eigenvalue weighted by Gasteiger charge is -2.09. The summed E-state index contributed by atoms with van der Waals surface area (Å²) in [5.41, 5.74) is 0.830. The Bertz CT molecular complexity index is 928. The Morgan fingerprint density at radius 1 is 1.04 bits per heavy atom. The van der Waals surface area contributed by atoms with Gasteiger partial charge in [0.25, 0.3) is 10.0 Å². The molecule has 7 nitrogen and oxygen atoms in total. The van der Waals surface area contributed by atoms with E-state index in [1.807, 2.05) is 0 Å². The second-order valence-corrected chi connectivity index (χ2v) is 6.13. The van der Waals surface area contributed by atoms with E-state index in [1.54, 1.807) is 12.1 Å². The molecule has 1 aromatic heterocycles. The zero-order valence-corrected chi connectivity index (χ0v) is 12.2. The lowest BCUT2D eigenvalue weighted by atomic mass is 10.3. The van der Waals surface area contributed by atoms with Crippen molar-refractivity contribution in [1.82, 2.24) is 20.2 Å². The molecule has 0 atom stereocenters. The summed E-state index contributed by atoms with van der Waals surface area (Å²) < 4.78 is 54.4. The minimum absolute atomic E-state index is 0.213. The number of anilines is 1. The van der Waals surface area contributed by atoms with Crippen LogP contribution in [0.3, 0.4) is 0 Å². The van der Waals surface area contributed by atoms with Crippen LogP contribution in [0.15, 0.2) is 53.7 Å². The predicted octanol–water partition coefficient (Wildman–Crippen LogP) is 1.74. The first-order valence-corrected chi connectivity index (χ1v) is 7.75. The Morgan fingerprint density at radius 3 is 2.39 bits per heavy atom. The van der Waals surface area contributed by atoms with E-state index in [9.17, 15) is 17.2 Å². The molecule has 0 aliphatic carbocycles. The molecule has 3 aromatic rings. The van der Waals surface area contributed by atoms with Crippen LogP contribution in [0.2, 0.25) is 0 Å². The molecule has 0 radical (unpaired) electrons. The molecule has 0 unspecified atom stereocenters. The number of rotatable bonds is 4. The van der Waals surface area contributed by atoms with Gasteiger partial charge in [-0.25, -0.2) is 21.9 Å². The molecule has 0 bridgehead atoms. The summed E-state index contributed by atoms with van der Waals surface area (Å²) in [6.07, 6.45) is 1.38. The van der Waals surface area contributed by atoms with E-state index in [-0.39, 0.29) is 5.69 Å². The number of benzene rings is 2. The highest BCUT2D eigenvalue weighted by Gasteiger charge is 2.19. The minimum atomic E-state index is -4.17. The Kier molecular flexibility index (Phi) is 3.74. The third-order valence-electron chi connectivity index (χ3n) is 2.92. The van der Waals surface area contributed by atoms with E-state index in [2.05, 4.69) is 20.2 Å². The van der Waals surface area contributed by atoms with Crippen LogP contribution in [0.5, 0.6) is 0 Å². The lowest BCUT2D eigenvalue weighted by Crippen LogP contribution is -2.14. The van der Waals surface area contributed by atoms with Crippen molar-refractivity contribution in [1.29, 1.82) is 0 Å². The van der Waals surface area contributed by atoms with Gasteiger partial charge >= 0.3 is 0 Å². The molecular formula is C13H9F2N5O2S. The van der Waals surface area contributed by atoms with Gasteiger partial charge in [-0.3, -0.25) is 4.72 Å². The van der Waals surface area contributed by atoms with Gasteiger partial charge in [-0.1, -0.05) is 0 Å². The molecule has 0 aliphatic heterocycles. The summed E-state index contributed by atoms with van der Waals surface area (Å²) in [5.74, 6) is -2.02. The van der Waals surface area contributed by atoms with E-state index in [4.69, 9.17) is 0 Å². The number of tetrazole rings is 1. The topological polar surface area (TPSA) is 89.8 Å². The first-order chi connectivity index (χ1) is 11.0. The molecule has 118 valence electrons. The van der Waals surface area contributed by atoms with Gasteiger partial charge < -0.3 is 0 Å². The third-order valence-corrected chi connectivity index (χ3v) is 4.33. The average molecular weight is 337 g/mol. The quantitative estimate of drug-likeness (QED) is 0.783. The highest BCUT2D eigenvalue weighted by molar-refractivity contribution is 7.92. The molecular weight excluding hydrogens is 328 g/mol. The second-order valence-electron chi connectivity index (χ2n) is 4.48. The molecule has 3 rings (SSSR count).